The van der Waals surface area contributed by atoms with Crippen molar-refractivity contribution in [2.24, 2.45) is 11.8 Å². The number of Topliss-reactive ketones (excluding diaryl/α,β-unsaturated/α-hetero) is 2. The molecule has 2 saturated carbocycles. The molecule has 2 aliphatic heterocycles. The third-order valence-corrected chi connectivity index (χ3v) is 8.60. The lowest BCUT2D eigenvalue weighted by molar-refractivity contribution is -0.712. The summed E-state index contributed by atoms with van der Waals surface area (Å²) < 4.78 is 63.8. The van der Waals surface area contributed by atoms with Gasteiger partial charge >= 0.3 is 0 Å². The molecule has 0 bridgehead atoms. The van der Waals surface area contributed by atoms with Crippen LogP contribution in [-0.2, 0) is 0 Å². The van der Waals surface area contributed by atoms with Gasteiger partial charge in [0, 0.05) is 37.4 Å². The molecule has 4 aromatic heterocycles. The van der Waals surface area contributed by atoms with Crippen LogP contribution < -0.4 is 4.57 Å². The van der Waals surface area contributed by atoms with Crippen molar-refractivity contribution in [2.45, 2.75) is 62.6 Å². The average Bonchev–Trinajstić information content (AvgIpc) is 3.83. The lowest BCUT2D eigenvalue weighted by atomic mass is 10.1. The molecule has 2 aliphatic carbocycles. The van der Waals surface area contributed by atoms with E-state index in [0.29, 0.717) is 6.42 Å². The van der Waals surface area contributed by atoms with E-state index < -0.39 is 53.8 Å². The van der Waals surface area contributed by atoms with E-state index in [2.05, 4.69) is 25.1 Å². The number of carbonyl (C=O) groups excluding carboxylic acids is 2. The molecular formula is C28H23F4N8O2+. The quantitative estimate of drug-likeness (QED) is 0.186. The van der Waals surface area contributed by atoms with Gasteiger partial charge in [-0.1, -0.05) is 0 Å². The van der Waals surface area contributed by atoms with Crippen LogP contribution in [0.25, 0.3) is 0 Å². The predicted molar refractivity (Wildman–Crippen MR) is 133 cm³/mol. The number of nitrogens with zero attached hydrogens (tertiary/aromatic N) is 8. The number of alkyl halides is 2. The zero-order chi connectivity index (χ0) is 28.9. The Labute approximate surface area is 235 Å². The van der Waals surface area contributed by atoms with Crippen LogP contribution in [0.1, 0.15) is 107 Å². The molecule has 214 valence electrons. The molecule has 0 aromatic carbocycles. The Morgan fingerprint density at radius 1 is 0.833 bits per heavy atom. The van der Waals surface area contributed by atoms with E-state index in [-0.39, 0.29) is 59.2 Å². The molecule has 6 atom stereocenters. The van der Waals surface area contributed by atoms with Crippen molar-refractivity contribution in [2.75, 3.05) is 0 Å². The standard InChI is InChI=1S/C28H23F4N8O2/c29-14-3-1-7-33-21(14)19-10-16(31)27-35-26(37-39(19)27)24(42)13-9-18(13)38-8-2-4-15(30)22(38)20-11-17(32)28-34-25(36-40(20)28)23(41)12-5-6-12/h1-4,7-8,12-13,16-20H,5-6,9-11H2/q+1/t13?,16-,17+,18?,19+,20+/m1/s1. The van der Waals surface area contributed by atoms with E-state index in [1.54, 1.807) is 10.8 Å². The normalized spacial score (nSPS) is 27.6. The zero-order valence-corrected chi connectivity index (χ0v) is 21.9. The Morgan fingerprint density at radius 2 is 1.48 bits per heavy atom. The summed E-state index contributed by atoms with van der Waals surface area (Å²) in [5, 5.41) is 8.52. The van der Waals surface area contributed by atoms with Crippen molar-refractivity contribution >= 4 is 11.6 Å². The Morgan fingerprint density at radius 3 is 2.17 bits per heavy atom. The van der Waals surface area contributed by atoms with Crippen LogP contribution in [0, 0.1) is 23.5 Å². The van der Waals surface area contributed by atoms with Crippen LogP contribution in [0.5, 0.6) is 0 Å². The molecule has 14 heteroatoms. The van der Waals surface area contributed by atoms with Crippen LogP contribution in [0.4, 0.5) is 17.6 Å². The third-order valence-electron chi connectivity index (χ3n) is 8.60. The van der Waals surface area contributed by atoms with Gasteiger partial charge in [-0.2, -0.15) is 8.96 Å². The molecule has 0 spiro atoms. The van der Waals surface area contributed by atoms with Crippen LogP contribution in [0.2, 0.25) is 0 Å². The molecule has 6 heterocycles. The maximum absolute atomic E-state index is 15.4. The van der Waals surface area contributed by atoms with Crippen molar-refractivity contribution in [3.8, 4) is 0 Å². The molecule has 42 heavy (non-hydrogen) atoms. The Balaban J connectivity index is 1.08. The second-order valence-corrected chi connectivity index (χ2v) is 11.3. The van der Waals surface area contributed by atoms with Gasteiger partial charge in [0.1, 0.15) is 23.6 Å². The number of halogens is 4. The number of rotatable bonds is 7. The molecule has 8 rings (SSSR count). The predicted octanol–water partition coefficient (Wildman–Crippen LogP) is 3.87. The highest BCUT2D eigenvalue weighted by atomic mass is 19.1. The summed E-state index contributed by atoms with van der Waals surface area (Å²) in [5.74, 6) is -3.03. The van der Waals surface area contributed by atoms with E-state index in [0.717, 1.165) is 12.8 Å². The largest absolute Gasteiger partial charge is 0.290 e. The number of pyridine rings is 2. The first-order chi connectivity index (χ1) is 20.3. The highest BCUT2D eigenvalue weighted by Crippen LogP contribution is 2.46. The monoisotopic (exact) mass is 579 g/mol. The lowest BCUT2D eigenvalue weighted by Gasteiger charge is -2.12. The minimum Gasteiger partial charge on any atom is -0.290 e. The van der Waals surface area contributed by atoms with Gasteiger partial charge in [0.25, 0.3) is 0 Å². The van der Waals surface area contributed by atoms with Gasteiger partial charge in [-0.25, -0.2) is 32.5 Å². The maximum Gasteiger partial charge on any atom is 0.242 e. The fraction of sp³-hybridized carbons (Fsp3) is 0.429. The summed E-state index contributed by atoms with van der Waals surface area (Å²) in [5.41, 5.74) is 0.147. The van der Waals surface area contributed by atoms with Crippen molar-refractivity contribution < 1.29 is 31.7 Å². The van der Waals surface area contributed by atoms with Gasteiger partial charge in [-0.3, -0.25) is 14.6 Å². The van der Waals surface area contributed by atoms with Crippen LogP contribution in [0.15, 0.2) is 36.7 Å². The van der Waals surface area contributed by atoms with Crippen LogP contribution in [0.3, 0.4) is 0 Å². The smallest absolute Gasteiger partial charge is 0.242 e. The number of ketones is 2. The fourth-order valence-electron chi connectivity index (χ4n) is 6.26. The van der Waals surface area contributed by atoms with Crippen molar-refractivity contribution in [3.63, 3.8) is 0 Å². The summed E-state index contributed by atoms with van der Waals surface area (Å²) in [4.78, 5) is 38.3. The summed E-state index contributed by atoms with van der Waals surface area (Å²) in [7, 11) is 0. The van der Waals surface area contributed by atoms with Crippen molar-refractivity contribution in [1.82, 2.24) is 34.5 Å². The van der Waals surface area contributed by atoms with Gasteiger partial charge < -0.3 is 0 Å². The van der Waals surface area contributed by atoms with Gasteiger partial charge in [0.2, 0.25) is 28.9 Å². The van der Waals surface area contributed by atoms with Gasteiger partial charge in [0.15, 0.2) is 42.0 Å². The molecule has 10 nitrogen and oxygen atoms in total. The Kier molecular flexibility index (Phi) is 5.47. The minimum atomic E-state index is -1.55. The van der Waals surface area contributed by atoms with Crippen LogP contribution >= 0.6 is 0 Å². The Hall–Kier alpha value is -4.36. The summed E-state index contributed by atoms with van der Waals surface area (Å²) >= 11 is 0. The molecule has 0 radical (unpaired) electrons. The molecule has 0 N–H and O–H groups in total. The first-order valence-corrected chi connectivity index (χ1v) is 13.9. The SMILES string of the molecule is O=C(c1nc2n(n1)[C@H](c1c(F)ccc[n+]1C1CC1C(=O)c1nc3n(n1)[C@H](c1ncccc1F)C[C@H]3F)C[C@@H]2F)C1CC1. The average molecular weight is 580 g/mol. The molecule has 2 fully saturated rings. The topological polar surface area (TPSA) is 112 Å². The van der Waals surface area contributed by atoms with E-state index in [1.165, 1.54) is 39.8 Å². The first kappa shape index (κ1) is 25.4. The third kappa shape index (κ3) is 3.83. The van der Waals surface area contributed by atoms with Gasteiger partial charge in [0.05, 0.1) is 5.92 Å². The summed E-state index contributed by atoms with van der Waals surface area (Å²) in [6.07, 6.45) is 1.56. The van der Waals surface area contributed by atoms with E-state index in [4.69, 9.17) is 0 Å². The highest BCUT2D eigenvalue weighted by molar-refractivity contribution is 5.96. The highest BCUT2D eigenvalue weighted by Gasteiger charge is 2.55. The first-order valence-electron chi connectivity index (χ1n) is 13.9. The van der Waals surface area contributed by atoms with Crippen molar-refractivity contribution in [1.29, 1.82) is 0 Å². The second kappa shape index (κ2) is 9.07. The number of hydrogen-bond donors (Lipinski definition) is 0. The molecule has 0 saturated heterocycles. The number of aromatic nitrogens is 8. The van der Waals surface area contributed by atoms with Crippen molar-refractivity contribution in [3.05, 3.63) is 83.0 Å². The summed E-state index contributed by atoms with van der Waals surface area (Å²) in [6, 6.07) is 3.22. The zero-order valence-electron chi connectivity index (χ0n) is 21.9. The van der Waals surface area contributed by atoms with Crippen LogP contribution in [-0.4, -0.2) is 46.1 Å². The van der Waals surface area contributed by atoms with Gasteiger partial charge in [-0.15, -0.1) is 10.2 Å². The van der Waals surface area contributed by atoms with E-state index >= 15 is 8.78 Å². The lowest BCUT2D eigenvalue weighted by Crippen LogP contribution is -2.42. The molecule has 2 unspecified atom stereocenters. The summed E-state index contributed by atoms with van der Waals surface area (Å²) in [6.45, 7) is 0. The van der Waals surface area contributed by atoms with E-state index in [1.807, 2.05) is 0 Å². The Bertz CT molecular complexity index is 1790. The molecule has 0 amide bonds. The number of fused-ring (bicyclic) bond motifs is 2. The van der Waals surface area contributed by atoms with Gasteiger partial charge in [-0.05, 0) is 31.0 Å². The number of carbonyl (C=O) groups is 2. The second-order valence-electron chi connectivity index (χ2n) is 11.3. The molecular weight excluding hydrogens is 556 g/mol. The molecule has 4 aliphatic rings. The number of hydrogen-bond acceptors (Lipinski definition) is 7. The van der Waals surface area contributed by atoms with E-state index in [9.17, 15) is 18.4 Å². The minimum absolute atomic E-state index is 0.0152. The molecule has 4 aromatic rings. The maximum atomic E-state index is 15.4. The fourth-order valence-corrected chi connectivity index (χ4v) is 6.26.